The third-order valence-electron chi connectivity index (χ3n) is 5.97. The zero-order chi connectivity index (χ0) is 25.0. The maximum atomic E-state index is 12.4. The van der Waals surface area contributed by atoms with Crippen LogP contribution in [0.15, 0.2) is 0 Å². The molecule has 0 aromatic carbocycles. The number of hydrogen-bond acceptors (Lipinski definition) is 6. The molecule has 0 aliphatic heterocycles. The Hall–Kier alpha value is -0.150. The molecule has 0 aliphatic carbocycles. The molecule has 1 N–H and O–H groups in total. The average molecular weight is 516 g/mol. The number of esters is 2. The summed E-state index contributed by atoms with van der Waals surface area (Å²) in [5.41, 5.74) is 0. The van der Waals surface area contributed by atoms with E-state index in [1.807, 2.05) is 0 Å². The molecule has 0 aromatic rings. The van der Waals surface area contributed by atoms with Gasteiger partial charge >= 0.3 is 11.9 Å². The van der Waals surface area contributed by atoms with Crippen molar-refractivity contribution < 1.29 is 32.0 Å². The number of ether oxygens (including phenoxy) is 2. The first-order chi connectivity index (χ1) is 15.7. The van der Waals surface area contributed by atoms with Crippen molar-refractivity contribution in [2.24, 2.45) is 0 Å². The van der Waals surface area contributed by atoms with Crippen LogP contribution in [-0.4, -0.2) is 72.4 Å². The zero-order valence-corrected chi connectivity index (χ0v) is 25.1. The summed E-state index contributed by atoms with van der Waals surface area (Å²) in [5.74, 6) is -1.95. The molecule has 7 nitrogen and oxygen atoms in total. The Kier molecular flexibility index (Phi) is 23.4. The first-order valence-electron chi connectivity index (χ1n) is 13.0. The van der Waals surface area contributed by atoms with Gasteiger partial charge in [-0.05, 0) is 19.8 Å². The van der Waals surface area contributed by atoms with Crippen molar-refractivity contribution in [3.05, 3.63) is 0 Å². The Morgan fingerprint density at radius 2 is 1.03 bits per heavy atom. The summed E-state index contributed by atoms with van der Waals surface area (Å²) in [7, 11) is -4.84. The van der Waals surface area contributed by atoms with Crippen molar-refractivity contribution in [3.63, 3.8) is 0 Å². The van der Waals surface area contributed by atoms with Crippen molar-refractivity contribution in [1.82, 2.24) is 0 Å². The van der Waals surface area contributed by atoms with Gasteiger partial charge in [-0.25, -0.2) is 0 Å². The van der Waals surface area contributed by atoms with E-state index in [-0.39, 0.29) is 42.8 Å². The normalized spacial score (nSPS) is 13.1. The van der Waals surface area contributed by atoms with E-state index < -0.39 is 33.2 Å². The summed E-state index contributed by atoms with van der Waals surface area (Å²) in [6.07, 6.45) is 16.5. The predicted molar refractivity (Wildman–Crippen MR) is 137 cm³/mol. The van der Waals surface area contributed by atoms with E-state index in [2.05, 4.69) is 13.8 Å². The molecule has 0 spiro atoms. The summed E-state index contributed by atoms with van der Waals surface area (Å²) in [4.78, 5) is 24.5. The van der Waals surface area contributed by atoms with Gasteiger partial charge in [0.1, 0.15) is 0 Å². The largest absolute Gasteiger partial charge is 0.466 e. The van der Waals surface area contributed by atoms with Gasteiger partial charge in [-0.3, -0.25) is 14.1 Å². The van der Waals surface area contributed by atoms with Crippen LogP contribution in [0.25, 0.3) is 0 Å². The van der Waals surface area contributed by atoms with Crippen LogP contribution >= 0.6 is 0 Å². The van der Waals surface area contributed by atoms with Gasteiger partial charge in [-0.2, -0.15) is 8.42 Å². The van der Waals surface area contributed by atoms with Crippen LogP contribution in [0.5, 0.6) is 0 Å². The number of carbonyl (C=O) groups is 2. The van der Waals surface area contributed by atoms with Gasteiger partial charge in [0.2, 0.25) is 4.75 Å². The van der Waals surface area contributed by atoms with Gasteiger partial charge < -0.3 is 9.47 Å². The van der Waals surface area contributed by atoms with E-state index in [9.17, 15) is 22.6 Å². The Bertz CT molecular complexity index is 625. The molecule has 0 rings (SSSR count). The first kappa shape index (κ1) is 36.0. The topological polar surface area (TPSA) is 107 Å². The molecular weight excluding hydrogens is 467 g/mol. The molecule has 0 bridgehead atoms. The van der Waals surface area contributed by atoms with E-state index in [1.54, 1.807) is 0 Å². The Morgan fingerprint density at radius 1 is 0.676 bits per heavy atom. The Labute approximate surface area is 230 Å². The Morgan fingerprint density at radius 3 is 1.41 bits per heavy atom. The summed E-state index contributed by atoms with van der Waals surface area (Å²) >= 11 is 0. The first-order valence-corrected chi connectivity index (χ1v) is 14.4. The minimum Gasteiger partial charge on any atom is -0.466 e. The Balaban J connectivity index is 0. The minimum atomic E-state index is -4.84. The molecule has 197 valence electrons. The summed E-state index contributed by atoms with van der Waals surface area (Å²) in [6, 6.07) is 0. The van der Waals surface area contributed by atoms with Crippen LogP contribution in [-0.2, 0) is 29.2 Å². The molecule has 34 heavy (non-hydrogen) atoms. The van der Waals surface area contributed by atoms with Crippen molar-refractivity contribution in [1.29, 1.82) is 0 Å². The van der Waals surface area contributed by atoms with E-state index in [4.69, 9.17) is 9.47 Å². The van der Waals surface area contributed by atoms with Gasteiger partial charge in [-0.1, -0.05) is 104 Å². The molecular formula is C25H48NaO7S. The van der Waals surface area contributed by atoms with Crippen LogP contribution < -0.4 is 0 Å². The number of carbonyl (C=O) groups excluding carboxylic acids is 2. The van der Waals surface area contributed by atoms with Crippen LogP contribution in [0, 0.1) is 0 Å². The van der Waals surface area contributed by atoms with Crippen molar-refractivity contribution in [2.75, 3.05) is 13.2 Å². The zero-order valence-electron chi connectivity index (χ0n) is 22.2. The molecule has 1 atom stereocenters. The van der Waals surface area contributed by atoms with Crippen molar-refractivity contribution in [3.8, 4) is 0 Å². The molecule has 0 aromatic heterocycles. The second kappa shape index (κ2) is 22.1. The molecule has 0 heterocycles. The van der Waals surface area contributed by atoms with E-state index in [0.717, 1.165) is 45.4 Å². The standard InChI is InChI=1S/C25H48O7S.Na/c1-4-6-8-10-12-14-16-18-20-31-23(26)22-25(3,33(28,29)30)24(27)32-21-19-17-15-13-11-9-7-5-2;/h4-22H2,1-3H3,(H,28,29,30);. The molecule has 1 unspecified atom stereocenters. The second-order valence-electron chi connectivity index (χ2n) is 9.19. The molecule has 9 heteroatoms. The summed E-state index contributed by atoms with van der Waals surface area (Å²) in [6.45, 7) is 5.59. The monoisotopic (exact) mass is 515 g/mol. The molecule has 0 saturated carbocycles. The second-order valence-corrected chi connectivity index (χ2v) is 11.0. The van der Waals surface area contributed by atoms with Gasteiger partial charge in [0, 0.05) is 29.6 Å². The average Bonchev–Trinajstić information content (AvgIpc) is 2.75. The van der Waals surface area contributed by atoms with E-state index in [1.165, 1.54) is 51.4 Å². The van der Waals surface area contributed by atoms with Crippen molar-refractivity contribution in [2.45, 2.75) is 135 Å². The number of hydrogen-bond donors (Lipinski definition) is 1. The molecule has 0 amide bonds. The van der Waals surface area contributed by atoms with E-state index >= 15 is 0 Å². The third-order valence-corrected chi connectivity index (χ3v) is 7.42. The minimum absolute atomic E-state index is 0. The molecule has 1 radical (unpaired) electrons. The van der Waals surface area contributed by atoms with Crippen LogP contribution in [0.3, 0.4) is 0 Å². The van der Waals surface area contributed by atoms with Gasteiger partial charge in [0.05, 0.1) is 19.6 Å². The smallest absolute Gasteiger partial charge is 0.330 e. The molecule has 0 aliphatic rings. The summed E-state index contributed by atoms with van der Waals surface area (Å²) in [5, 5.41) is 0. The fourth-order valence-corrected chi connectivity index (χ4v) is 4.14. The van der Waals surface area contributed by atoms with E-state index in [0.29, 0.717) is 12.8 Å². The van der Waals surface area contributed by atoms with Crippen LogP contribution in [0.4, 0.5) is 0 Å². The molecule has 0 saturated heterocycles. The SMILES string of the molecule is CCCCCCCCCCOC(=O)CC(C)(C(=O)OCCCCCCCCCC)S(=O)(=O)O.[Na]. The fourth-order valence-electron chi connectivity index (χ4n) is 3.57. The maximum Gasteiger partial charge on any atom is 0.330 e. The number of unbranched alkanes of at least 4 members (excludes halogenated alkanes) is 14. The quantitative estimate of drug-likeness (QED) is 0.0814. The molecule has 0 fully saturated rings. The summed E-state index contributed by atoms with van der Waals surface area (Å²) < 4.78 is 41.2. The van der Waals surface area contributed by atoms with Crippen LogP contribution in [0.2, 0.25) is 0 Å². The predicted octanol–water partition coefficient (Wildman–Crippen LogP) is 6.01. The van der Waals surface area contributed by atoms with Gasteiger partial charge in [-0.15, -0.1) is 0 Å². The van der Waals surface area contributed by atoms with Gasteiger partial charge in [0.15, 0.2) is 0 Å². The fraction of sp³-hybridized carbons (Fsp3) is 0.920. The van der Waals surface area contributed by atoms with Crippen molar-refractivity contribution >= 4 is 51.6 Å². The van der Waals surface area contributed by atoms with Gasteiger partial charge in [0.25, 0.3) is 10.1 Å². The number of rotatable bonds is 22. The third kappa shape index (κ3) is 17.3. The maximum absolute atomic E-state index is 12.4. The van der Waals surface area contributed by atoms with Crippen LogP contribution in [0.1, 0.15) is 130 Å².